The highest BCUT2D eigenvalue weighted by Gasteiger charge is 2.27. The highest BCUT2D eigenvalue weighted by molar-refractivity contribution is 5.90. The van der Waals surface area contributed by atoms with Gasteiger partial charge in [0.05, 0.1) is 18.2 Å². The molecule has 21 heavy (non-hydrogen) atoms. The van der Waals surface area contributed by atoms with E-state index in [1.165, 1.54) is 0 Å². The largest absolute Gasteiger partial charge is 0.462 e. The molecule has 112 valence electrons. The Morgan fingerprint density at radius 3 is 2.57 bits per heavy atom. The first-order valence-corrected chi connectivity index (χ1v) is 6.81. The Labute approximate surface area is 125 Å². The van der Waals surface area contributed by atoms with Crippen LogP contribution in [-0.4, -0.2) is 18.6 Å². The molecule has 0 heterocycles. The van der Waals surface area contributed by atoms with Gasteiger partial charge in [0.2, 0.25) is 0 Å². The number of carbonyl (C=O) groups excluding carboxylic acids is 1. The van der Waals surface area contributed by atoms with Crippen LogP contribution >= 0.6 is 0 Å². The van der Waals surface area contributed by atoms with E-state index < -0.39 is 0 Å². The molecule has 5 heteroatoms. The number of rotatable bonds is 5. The van der Waals surface area contributed by atoms with E-state index in [1.54, 1.807) is 25.1 Å². The van der Waals surface area contributed by atoms with Gasteiger partial charge >= 0.3 is 5.97 Å². The van der Waals surface area contributed by atoms with Gasteiger partial charge in [0.1, 0.15) is 0 Å². The molecule has 5 nitrogen and oxygen atoms in total. The maximum Gasteiger partial charge on any atom is 0.338 e. The summed E-state index contributed by atoms with van der Waals surface area (Å²) in [6.07, 6.45) is 0. The standard InChI is InChI=1S/C16H21N3O2/c1-6-21-15(20)13-9-7-8-12(10-13)11(2)14(18-19-17)16(3,4)5/h7-10,14H,2,6H2,1,3-5H3. The molecule has 0 bridgehead atoms. The van der Waals surface area contributed by atoms with E-state index in [0.717, 1.165) is 5.56 Å². The Kier molecular flexibility index (Phi) is 5.56. The molecule has 1 aromatic carbocycles. The first-order chi connectivity index (χ1) is 9.81. The molecular formula is C16H21N3O2. The SMILES string of the molecule is C=C(c1cccc(C(=O)OCC)c1)C(N=[N+]=[N-])C(C)(C)C. The number of benzene rings is 1. The fourth-order valence-electron chi connectivity index (χ4n) is 2.04. The van der Waals surface area contributed by atoms with Gasteiger partial charge in [-0.1, -0.05) is 44.6 Å². The molecule has 0 aliphatic carbocycles. The van der Waals surface area contributed by atoms with Crippen LogP contribution in [0.4, 0.5) is 0 Å². The van der Waals surface area contributed by atoms with Gasteiger partial charge in [-0.2, -0.15) is 0 Å². The third-order valence-corrected chi connectivity index (χ3v) is 3.06. The molecule has 0 saturated heterocycles. The molecule has 1 aromatic rings. The Hall–Kier alpha value is -2.26. The van der Waals surface area contributed by atoms with E-state index in [-0.39, 0.29) is 17.4 Å². The molecule has 0 aromatic heterocycles. The Morgan fingerprint density at radius 2 is 2.05 bits per heavy atom. The molecule has 0 radical (unpaired) electrons. The molecule has 0 spiro atoms. The van der Waals surface area contributed by atoms with E-state index in [9.17, 15) is 4.79 Å². The van der Waals surface area contributed by atoms with Crippen molar-refractivity contribution in [3.63, 3.8) is 0 Å². The lowest BCUT2D eigenvalue weighted by atomic mass is 9.81. The average molecular weight is 287 g/mol. The monoisotopic (exact) mass is 287 g/mol. The van der Waals surface area contributed by atoms with Crippen LogP contribution in [-0.2, 0) is 4.74 Å². The zero-order chi connectivity index (χ0) is 16.0. The minimum Gasteiger partial charge on any atom is -0.462 e. The highest BCUT2D eigenvalue weighted by atomic mass is 16.5. The lowest BCUT2D eigenvalue weighted by molar-refractivity contribution is 0.0526. The van der Waals surface area contributed by atoms with E-state index in [4.69, 9.17) is 10.3 Å². The predicted molar refractivity (Wildman–Crippen MR) is 83.8 cm³/mol. The van der Waals surface area contributed by atoms with Crippen molar-refractivity contribution in [2.24, 2.45) is 10.5 Å². The molecule has 1 atom stereocenters. The number of carbonyl (C=O) groups is 1. The normalized spacial score (nSPS) is 12.2. The van der Waals surface area contributed by atoms with E-state index in [2.05, 4.69) is 16.6 Å². The molecule has 0 fully saturated rings. The Morgan fingerprint density at radius 1 is 1.43 bits per heavy atom. The summed E-state index contributed by atoms with van der Waals surface area (Å²) in [5.41, 5.74) is 10.4. The fourth-order valence-corrected chi connectivity index (χ4v) is 2.04. The summed E-state index contributed by atoms with van der Waals surface area (Å²) < 4.78 is 4.99. The van der Waals surface area contributed by atoms with Crippen molar-refractivity contribution in [3.8, 4) is 0 Å². The fraction of sp³-hybridized carbons (Fsp3) is 0.438. The average Bonchev–Trinajstić information content (AvgIpc) is 2.43. The number of hydrogen-bond donors (Lipinski definition) is 0. The van der Waals surface area contributed by atoms with Gasteiger partial charge in [-0.05, 0) is 41.1 Å². The summed E-state index contributed by atoms with van der Waals surface area (Å²) >= 11 is 0. The van der Waals surface area contributed by atoms with Crippen molar-refractivity contribution in [3.05, 3.63) is 52.4 Å². The lowest BCUT2D eigenvalue weighted by Crippen LogP contribution is -2.25. The summed E-state index contributed by atoms with van der Waals surface area (Å²) in [6, 6.07) is 6.62. The van der Waals surface area contributed by atoms with Crippen LogP contribution in [0, 0.1) is 5.41 Å². The Balaban J connectivity index is 3.15. The van der Waals surface area contributed by atoms with Gasteiger partial charge in [-0.3, -0.25) is 0 Å². The molecule has 1 unspecified atom stereocenters. The van der Waals surface area contributed by atoms with Crippen LogP contribution in [0.15, 0.2) is 36.0 Å². The van der Waals surface area contributed by atoms with Gasteiger partial charge in [0, 0.05) is 4.91 Å². The van der Waals surface area contributed by atoms with Crippen LogP contribution in [0.1, 0.15) is 43.6 Å². The zero-order valence-electron chi connectivity index (χ0n) is 13.0. The van der Waals surface area contributed by atoms with Gasteiger partial charge in [0.15, 0.2) is 0 Å². The van der Waals surface area contributed by atoms with E-state index in [0.29, 0.717) is 17.7 Å². The number of nitrogens with zero attached hydrogens (tertiary/aromatic N) is 3. The molecule has 0 N–H and O–H groups in total. The van der Waals surface area contributed by atoms with Gasteiger partial charge in [0.25, 0.3) is 0 Å². The van der Waals surface area contributed by atoms with Gasteiger partial charge in [-0.15, -0.1) is 0 Å². The molecule has 0 amide bonds. The second kappa shape index (κ2) is 6.95. The topological polar surface area (TPSA) is 75.1 Å². The first kappa shape index (κ1) is 16.8. The lowest BCUT2D eigenvalue weighted by Gasteiger charge is -2.28. The third kappa shape index (κ3) is 4.36. The van der Waals surface area contributed by atoms with Gasteiger partial charge in [-0.25, -0.2) is 4.79 Å². The minimum atomic E-state index is -0.389. The second-order valence-electron chi connectivity index (χ2n) is 5.80. The maximum absolute atomic E-state index is 11.8. The summed E-state index contributed by atoms with van der Waals surface area (Å²) in [7, 11) is 0. The van der Waals surface area contributed by atoms with Crippen LogP contribution < -0.4 is 0 Å². The predicted octanol–water partition coefficient (Wildman–Crippen LogP) is 4.60. The highest BCUT2D eigenvalue weighted by Crippen LogP contribution is 2.33. The minimum absolute atomic E-state index is 0.261. The molecule has 0 aliphatic rings. The number of ether oxygens (including phenoxy) is 1. The molecule has 1 rings (SSSR count). The molecular weight excluding hydrogens is 266 g/mol. The van der Waals surface area contributed by atoms with E-state index in [1.807, 2.05) is 26.8 Å². The summed E-state index contributed by atoms with van der Waals surface area (Å²) in [5.74, 6) is -0.372. The molecule has 0 aliphatic heterocycles. The van der Waals surface area contributed by atoms with Crippen molar-refractivity contribution in [2.45, 2.75) is 33.7 Å². The summed E-state index contributed by atoms with van der Waals surface area (Å²) in [5, 5.41) is 3.85. The van der Waals surface area contributed by atoms with Crippen LogP contribution in [0.3, 0.4) is 0 Å². The van der Waals surface area contributed by atoms with Crippen LogP contribution in [0.2, 0.25) is 0 Å². The van der Waals surface area contributed by atoms with Crippen molar-refractivity contribution < 1.29 is 9.53 Å². The maximum atomic E-state index is 11.8. The smallest absolute Gasteiger partial charge is 0.338 e. The van der Waals surface area contributed by atoms with Gasteiger partial charge < -0.3 is 4.74 Å². The van der Waals surface area contributed by atoms with Crippen molar-refractivity contribution in [1.82, 2.24) is 0 Å². The first-order valence-electron chi connectivity index (χ1n) is 6.81. The third-order valence-electron chi connectivity index (χ3n) is 3.06. The van der Waals surface area contributed by atoms with E-state index >= 15 is 0 Å². The van der Waals surface area contributed by atoms with Crippen LogP contribution in [0.25, 0.3) is 16.0 Å². The second-order valence-corrected chi connectivity index (χ2v) is 5.80. The summed E-state index contributed by atoms with van der Waals surface area (Å²) in [4.78, 5) is 14.7. The van der Waals surface area contributed by atoms with Crippen LogP contribution in [0.5, 0.6) is 0 Å². The molecule has 0 saturated carbocycles. The number of esters is 1. The Bertz CT molecular complexity index is 581. The van der Waals surface area contributed by atoms with Crippen molar-refractivity contribution >= 4 is 11.5 Å². The number of azide groups is 1. The summed E-state index contributed by atoms with van der Waals surface area (Å²) in [6.45, 7) is 12.1. The number of hydrogen-bond acceptors (Lipinski definition) is 3. The zero-order valence-corrected chi connectivity index (χ0v) is 13.0. The quantitative estimate of drug-likeness (QED) is 0.343. The van der Waals surface area contributed by atoms with Crippen molar-refractivity contribution in [2.75, 3.05) is 6.61 Å². The van der Waals surface area contributed by atoms with Crippen molar-refractivity contribution in [1.29, 1.82) is 0 Å².